The number of aryl methyl sites for hydroxylation is 1. The summed E-state index contributed by atoms with van der Waals surface area (Å²) in [4.78, 5) is 90.2. The average molecular weight is 1040 g/mol. The van der Waals surface area contributed by atoms with E-state index in [2.05, 4.69) is 15.4 Å². The number of fused-ring (bicyclic) bond motifs is 5. The summed E-state index contributed by atoms with van der Waals surface area (Å²) in [6, 6.07) is 9.86. The van der Waals surface area contributed by atoms with Gasteiger partial charge in [-0.3, -0.25) is 28.8 Å². The molecule has 5 aromatic rings. The van der Waals surface area contributed by atoms with Gasteiger partial charge in [-0.25, -0.2) is 17.4 Å². The van der Waals surface area contributed by atoms with Gasteiger partial charge in [-0.05, 0) is 78.7 Å². The number of carbonyl (C=O) groups is 6. The number of rotatable bonds is 13. The van der Waals surface area contributed by atoms with Crippen LogP contribution in [0, 0.1) is 17.1 Å². The van der Waals surface area contributed by atoms with E-state index in [1.54, 1.807) is 26.8 Å². The van der Waals surface area contributed by atoms with Gasteiger partial charge in [0.2, 0.25) is 0 Å². The second-order valence-electron chi connectivity index (χ2n) is 16.0. The first-order valence-electron chi connectivity index (χ1n) is 21.3. The number of hydrogen-bond acceptors (Lipinski definition) is 18. The Hall–Kier alpha value is -7.42. The molecule has 7 rings (SSSR count). The Morgan fingerprint density at radius 2 is 1.28 bits per heavy atom. The van der Waals surface area contributed by atoms with Gasteiger partial charge < -0.3 is 48.5 Å². The number of nitrogens with zero attached hydrogens (tertiary/aromatic N) is 1. The summed E-state index contributed by atoms with van der Waals surface area (Å²) in [6.07, 6.45) is -2.71. The molecule has 4 bridgehead atoms. The summed E-state index contributed by atoms with van der Waals surface area (Å²) >= 11 is 0.687. The Balaban J connectivity index is 1.56. The number of hydrogen-bond donors (Lipinski definition) is 4. The zero-order valence-electron chi connectivity index (χ0n) is 38.6. The van der Waals surface area contributed by atoms with Gasteiger partial charge in [0, 0.05) is 49.6 Å². The number of amides is 2. The van der Waals surface area contributed by atoms with Crippen molar-refractivity contribution in [2.45, 2.75) is 71.3 Å². The lowest BCUT2D eigenvalue weighted by atomic mass is 9.88. The number of ether oxygens (including phenoxy) is 6. The van der Waals surface area contributed by atoms with Crippen LogP contribution < -0.4 is 48.3 Å². The minimum atomic E-state index is -4.91. The average Bonchev–Trinajstić information content (AvgIpc) is 3.65. The third-order valence-electron chi connectivity index (χ3n) is 10.4. The SMILES string of the molecule is CCc1c(S(=O)(=O)NCP(=O)(O)Oc2ccc(C#N)c(F)c2)sc2cc(-c3cc4c(OC(C)=O)c(c3OC(C)=O)C(=O)NCC(C)O4)c(-c3cc4c(OC(C)=O)c(c3OC(C)=O)C(=O)NCC(C)O4)cc12. The summed E-state index contributed by atoms with van der Waals surface area (Å²) < 4.78 is 98.0. The molecule has 2 aliphatic rings. The van der Waals surface area contributed by atoms with E-state index in [1.807, 2.05) is 0 Å². The lowest BCUT2D eigenvalue weighted by Gasteiger charge is -2.27. The normalized spacial score (nSPS) is 16.2. The van der Waals surface area contributed by atoms with Crippen molar-refractivity contribution in [1.82, 2.24) is 15.4 Å². The molecule has 3 heterocycles. The van der Waals surface area contributed by atoms with Gasteiger partial charge in [-0.2, -0.15) is 9.98 Å². The highest BCUT2D eigenvalue weighted by molar-refractivity contribution is 7.92. The van der Waals surface area contributed by atoms with Crippen molar-refractivity contribution < 1.29 is 84.0 Å². The van der Waals surface area contributed by atoms with E-state index in [0.29, 0.717) is 17.4 Å². The fourth-order valence-corrected chi connectivity index (χ4v) is 12.1. The quantitative estimate of drug-likeness (QED) is 0.0594. The highest BCUT2D eigenvalue weighted by atomic mass is 32.2. The second kappa shape index (κ2) is 20.1. The van der Waals surface area contributed by atoms with Crippen molar-refractivity contribution in [3.8, 4) is 68.6 Å². The number of halogens is 1. The molecule has 21 nitrogen and oxygen atoms in total. The van der Waals surface area contributed by atoms with Crippen molar-refractivity contribution in [3.05, 3.63) is 70.5 Å². The molecule has 0 aliphatic carbocycles. The number of esters is 4. The fourth-order valence-electron chi connectivity index (χ4n) is 7.63. The summed E-state index contributed by atoms with van der Waals surface area (Å²) in [5.74, 6) is -9.07. The number of nitriles is 1. The summed E-state index contributed by atoms with van der Waals surface area (Å²) in [7, 11) is -9.66. The number of carbonyl (C=O) groups excluding carboxylic acids is 6. The van der Waals surface area contributed by atoms with Crippen LogP contribution in [0.2, 0.25) is 0 Å². The third-order valence-corrected chi connectivity index (χ3v) is 14.8. The number of thiophene rings is 1. The molecule has 2 aliphatic heterocycles. The standard InChI is InChI=1S/C46H42FN4O17PS2/c1-8-28-31-12-29(32-13-35-42(66-24(6)54)38(40(32)64-22(4)52)44(56)49-17-20(2)62-35)30(33-14-36-43(67-25(7)55)39(41(33)65-23(5)53)45(57)50-18-21(3)63-36)15-37(31)70-46(28)71(60,61)51-19-69(58,59)68-27-10-9-26(16-48)34(47)11-27/h9-15,20-21,51H,8,17-19H2,1-7H3,(H,49,56)(H,50,57)(H,58,59). The van der Waals surface area contributed by atoms with Crippen LogP contribution >= 0.6 is 18.9 Å². The summed E-state index contributed by atoms with van der Waals surface area (Å²) in [6.45, 7) is 8.95. The van der Waals surface area contributed by atoms with Gasteiger partial charge in [0.05, 0.1) is 18.7 Å². The maximum atomic E-state index is 14.3. The fraction of sp³-hybridized carbons (Fsp3) is 0.283. The Labute approximate surface area is 407 Å². The molecule has 0 radical (unpaired) electrons. The maximum absolute atomic E-state index is 14.3. The Bertz CT molecular complexity index is 3330. The molecule has 2 amide bonds. The largest absolute Gasteiger partial charge is 0.485 e. The Morgan fingerprint density at radius 3 is 1.73 bits per heavy atom. The number of nitrogens with one attached hydrogen (secondary N) is 3. The first-order valence-corrected chi connectivity index (χ1v) is 25.3. The van der Waals surface area contributed by atoms with Crippen LogP contribution in [-0.2, 0) is 40.2 Å². The molecule has 1 aromatic heterocycles. The number of benzene rings is 4. The first kappa shape index (κ1) is 51.4. The van der Waals surface area contributed by atoms with Gasteiger partial charge in [0.1, 0.15) is 51.5 Å². The van der Waals surface area contributed by atoms with Crippen LogP contribution in [0.5, 0.6) is 40.2 Å². The third kappa shape index (κ3) is 10.8. The zero-order chi connectivity index (χ0) is 51.9. The molecule has 0 saturated heterocycles. The molecule has 3 atom stereocenters. The monoisotopic (exact) mass is 1040 g/mol. The van der Waals surface area contributed by atoms with E-state index >= 15 is 0 Å². The first-order chi connectivity index (χ1) is 33.4. The van der Waals surface area contributed by atoms with Crippen molar-refractivity contribution in [3.63, 3.8) is 0 Å². The highest BCUT2D eigenvalue weighted by Gasteiger charge is 2.37. The van der Waals surface area contributed by atoms with Gasteiger partial charge >= 0.3 is 31.5 Å². The predicted octanol–water partition coefficient (Wildman–Crippen LogP) is 6.03. The minimum absolute atomic E-state index is 0.00939. The van der Waals surface area contributed by atoms with E-state index in [-0.39, 0.29) is 78.7 Å². The lowest BCUT2D eigenvalue weighted by molar-refractivity contribution is -0.133. The molecule has 372 valence electrons. The Kier molecular flexibility index (Phi) is 14.6. The molecule has 4 aromatic carbocycles. The molecular formula is C46H42FN4O17PS2. The van der Waals surface area contributed by atoms with Gasteiger partial charge in [0.25, 0.3) is 21.8 Å². The van der Waals surface area contributed by atoms with E-state index in [1.165, 1.54) is 24.3 Å². The van der Waals surface area contributed by atoms with Crippen LogP contribution in [0.3, 0.4) is 0 Å². The highest BCUT2D eigenvalue weighted by Crippen LogP contribution is 2.54. The molecule has 3 unspecified atom stereocenters. The predicted molar refractivity (Wildman–Crippen MR) is 249 cm³/mol. The number of sulfonamides is 1. The van der Waals surface area contributed by atoms with Gasteiger partial charge in [-0.1, -0.05) is 6.92 Å². The molecule has 4 N–H and O–H groups in total. The van der Waals surface area contributed by atoms with Crippen molar-refractivity contribution in [2.75, 3.05) is 19.4 Å². The molecular weight excluding hydrogens is 995 g/mol. The topological polar surface area (TPSA) is 298 Å². The van der Waals surface area contributed by atoms with Crippen LogP contribution in [0.15, 0.2) is 46.7 Å². The van der Waals surface area contributed by atoms with Crippen LogP contribution in [0.1, 0.15) is 80.3 Å². The molecule has 0 saturated carbocycles. The molecule has 0 fully saturated rings. The summed E-state index contributed by atoms with van der Waals surface area (Å²) in [5, 5.41) is 14.6. The lowest BCUT2D eigenvalue weighted by Crippen LogP contribution is -2.36. The van der Waals surface area contributed by atoms with Crippen molar-refractivity contribution >= 4 is 74.7 Å². The molecule has 25 heteroatoms. The summed E-state index contributed by atoms with van der Waals surface area (Å²) in [5.41, 5.74) is -1.45. The van der Waals surface area contributed by atoms with Crippen LogP contribution in [0.4, 0.5) is 4.39 Å². The molecule has 0 spiro atoms. The van der Waals surface area contributed by atoms with Gasteiger partial charge in [-0.15, -0.1) is 11.3 Å². The smallest absolute Gasteiger partial charge is 0.391 e. The van der Waals surface area contributed by atoms with Crippen LogP contribution in [-0.4, -0.2) is 80.6 Å². The van der Waals surface area contributed by atoms with E-state index < -0.39 is 117 Å². The molecule has 71 heavy (non-hydrogen) atoms. The minimum Gasteiger partial charge on any atom is -0.485 e. The van der Waals surface area contributed by atoms with E-state index in [4.69, 9.17) is 38.2 Å². The van der Waals surface area contributed by atoms with Crippen molar-refractivity contribution in [2.24, 2.45) is 0 Å². The van der Waals surface area contributed by atoms with Crippen molar-refractivity contribution in [1.29, 1.82) is 5.26 Å². The van der Waals surface area contributed by atoms with Gasteiger partial charge in [0.15, 0.2) is 34.5 Å². The maximum Gasteiger partial charge on any atom is 0.391 e. The van der Waals surface area contributed by atoms with E-state index in [9.17, 15) is 51.0 Å². The second-order valence-corrected chi connectivity index (χ2v) is 20.8. The Morgan fingerprint density at radius 1 is 0.803 bits per heavy atom. The van der Waals surface area contributed by atoms with Crippen LogP contribution in [0.25, 0.3) is 32.3 Å². The zero-order valence-corrected chi connectivity index (χ0v) is 41.1. The van der Waals surface area contributed by atoms with E-state index in [0.717, 1.165) is 39.8 Å².